The van der Waals surface area contributed by atoms with Gasteiger partial charge in [-0.2, -0.15) is 0 Å². The molecule has 0 unspecified atom stereocenters. The van der Waals surface area contributed by atoms with Crippen LogP contribution >= 0.6 is 0 Å². The minimum Gasteiger partial charge on any atom is -0.120 e. The fourth-order valence-corrected chi connectivity index (χ4v) is 0.903. The molecule has 0 fully saturated rings. The second-order valence-corrected chi connectivity index (χ2v) is 2.51. The van der Waals surface area contributed by atoms with E-state index in [-0.39, 0.29) is 0 Å². The molecule has 0 aromatic heterocycles. The van der Waals surface area contributed by atoms with Gasteiger partial charge in [0, 0.05) is 0 Å². The fourth-order valence-electron chi connectivity index (χ4n) is 0.903. The zero-order valence-electron chi connectivity index (χ0n) is 7.25. The van der Waals surface area contributed by atoms with Crippen LogP contribution in [0.2, 0.25) is 0 Å². The van der Waals surface area contributed by atoms with Crippen LogP contribution in [0.25, 0.3) is 0 Å². The Kier molecular flexibility index (Phi) is 3.13. The van der Waals surface area contributed by atoms with Gasteiger partial charge in [0.1, 0.15) is 0 Å². The third-order valence-corrected chi connectivity index (χ3v) is 1.57. The van der Waals surface area contributed by atoms with E-state index >= 15 is 0 Å². The topological polar surface area (TPSA) is 0 Å². The van der Waals surface area contributed by atoms with Crippen molar-refractivity contribution >= 4 is 0 Å². The Morgan fingerprint density at radius 2 is 2.33 bits per heavy atom. The molecule has 60 valence electrons. The van der Waals surface area contributed by atoms with Gasteiger partial charge in [-0.15, -0.1) is 5.73 Å². The molecule has 0 aliphatic heterocycles. The van der Waals surface area contributed by atoms with Gasteiger partial charge in [0.05, 0.1) is 0 Å². The van der Waals surface area contributed by atoms with Crippen molar-refractivity contribution in [2.75, 3.05) is 0 Å². The average molecular weight is 156 g/mol. The van der Waals surface area contributed by atoms with E-state index in [1.54, 1.807) is 0 Å². The minimum absolute atomic E-state index is 1.02. The van der Waals surface area contributed by atoms with Crippen LogP contribution in [-0.2, 0) is 0 Å². The Balaban J connectivity index is 2.56. The van der Waals surface area contributed by atoms with Crippen LogP contribution in [0, 0.1) is 0 Å². The Labute approximate surface area is 73.6 Å². The van der Waals surface area contributed by atoms with Crippen LogP contribution < -0.4 is 0 Å². The summed E-state index contributed by atoms with van der Waals surface area (Å²) in [6.45, 7) is 5.92. The molecule has 0 bridgehead atoms. The molecule has 1 aliphatic rings. The van der Waals surface area contributed by atoms with E-state index in [0.717, 1.165) is 11.1 Å². The second-order valence-electron chi connectivity index (χ2n) is 2.51. The molecule has 0 heteroatoms. The number of hydrogen-bond acceptors (Lipinski definition) is 0. The molecule has 1 rings (SSSR count). The Morgan fingerprint density at radius 1 is 1.50 bits per heavy atom. The minimum atomic E-state index is 1.02. The van der Waals surface area contributed by atoms with Crippen molar-refractivity contribution in [3.8, 4) is 0 Å². The summed E-state index contributed by atoms with van der Waals surface area (Å²) in [5.41, 5.74) is 5.15. The predicted molar refractivity (Wildman–Crippen MR) is 53.8 cm³/mol. The zero-order valence-corrected chi connectivity index (χ0v) is 7.25. The lowest BCUT2D eigenvalue weighted by Gasteiger charge is -1.94. The molecule has 0 spiro atoms. The van der Waals surface area contributed by atoms with Gasteiger partial charge in [-0.25, -0.2) is 0 Å². The predicted octanol–water partition coefficient (Wildman–Crippen LogP) is 3.33. The zero-order chi connectivity index (χ0) is 8.81. The standard InChI is InChI=1S/C12H12/c1-3-4-5-8-11(2)12-9-6-7-10-12/h3-6,8-10H,2H2,1H3/b4-3-,8-5-. The SMILES string of the molecule is C=C(/C=C\C=C/C)C1=CC=C=C1. The summed E-state index contributed by atoms with van der Waals surface area (Å²) in [5.74, 6) is 0. The quantitative estimate of drug-likeness (QED) is 0.434. The number of hydrogen-bond donors (Lipinski definition) is 0. The van der Waals surface area contributed by atoms with E-state index in [9.17, 15) is 0 Å². The number of allylic oxidation sites excluding steroid dienone is 8. The molecule has 12 heavy (non-hydrogen) atoms. The molecule has 0 aromatic carbocycles. The van der Waals surface area contributed by atoms with E-state index < -0.39 is 0 Å². The third-order valence-electron chi connectivity index (χ3n) is 1.57. The van der Waals surface area contributed by atoms with E-state index in [0.29, 0.717) is 0 Å². The first kappa shape index (κ1) is 8.58. The fraction of sp³-hybridized carbons (Fsp3) is 0.0833. The summed E-state index contributed by atoms with van der Waals surface area (Å²) in [4.78, 5) is 0. The second kappa shape index (κ2) is 4.38. The van der Waals surface area contributed by atoms with Crippen LogP contribution in [0.3, 0.4) is 0 Å². The van der Waals surface area contributed by atoms with Crippen LogP contribution in [0.5, 0.6) is 0 Å². The van der Waals surface area contributed by atoms with Gasteiger partial charge >= 0.3 is 0 Å². The normalized spacial score (nSPS) is 14.9. The van der Waals surface area contributed by atoms with Gasteiger partial charge in [-0.3, -0.25) is 0 Å². The molecule has 0 aromatic rings. The molecule has 0 saturated heterocycles. The molecule has 0 heterocycles. The van der Waals surface area contributed by atoms with Crippen molar-refractivity contribution in [1.82, 2.24) is 0 Å². The smallest absolute Gasteiger partial charge is 0.0107 e. The van der Waals surface area contributed by atoms with Crippen molar-refractivity contribution < 1.29 is 0 Å². The van der Waals surface area contributed by atoms with Crippen LogP contribution in [0.1, 0.15) is 6.92 Å². The lowest BCUT2D eigenvalue weighted by Crippen LogP contribution is -1.76. The third kappa shape index (κ3) is 2.26. The van der Waals surface area contributed by atoms with Crippen molar-refractivity contribution in [2.45, 2.75) is 6.92 Å². The monoisotopic (exact) mass is 156 g/mol. The maximum atomic E-state index is 3.93. The average Bonchev–Trinajstić information content (AvgIpc) is 2.56. The lowest BCUT2D eigenvalue weighted by atomic mass is 10.1. The maximum absolute atomic E-state index is 3.93. The van der Waals surface area contributed by atoms with Crippen LogP contribution in [-0.4, -0.2) is 0 Å². The first-order chi connectivity index (χ1) is 5.84. The van der Waals surface area contributed by atoms with Crippen molar-refractivity contribution in [3.05, 3.63) is 66.0 Å². The highest BCUT2D eigenvalue weighted by Gasteiger charge is 1.94. The van der Waals surface area contributed by atoms with Gasteiger partial charge in [0.2, 0.25) is 0 Å². The summed E-state index contributed by atoms with van der Waals surface area (Å²) >= 11 is 0. The Hall–Kier alpha value is -1.52. The molecule has 0 nitrogen and oxygen atoms in total. The van der Waals surface area contributed by atoms with Crippen LogP contribution in [0.4, 0.5) is 0 Å². The first-order valence-electron chi connectivity index (χ1n) is 3.96. The van der Waals surface area contributed by atoms with E-state index in [1.807, 2.05) is 49.5 Å². The van der Waals surface area contributed by atoms with Crippen molar-refractivity contribution in [1.29, 1.82) is 0 Å². The van der Waals surface area contributed by atoms with Gasteiger partial charge in [-0.1, -0.05) is 30.9 Å². The molecular formula is C12H12. The van der Waals surface area contributed by atoms with Crippen LogP contribution in [0.15, 0.2) is 66.0 Å². The Morgan fingerprint density at radius 3 is 2.92 bits per heavy atom. The summed E-state index contributed by atoms with van der Waals surface area (Å²) < 4.78 is 0. The molecule has 0 atom stereocenters. The highest BCUT2D eigenvalue weighted by molar-refractivity contribution is 5.49. The summed E-state index contributed by atoms with van der Waals surface area (Å²) in [7, 11) is 0. The number of rotatable bonds is 3. The highest BCUT2D eigenvalue weighted by Crippen LogP contribution is 2.13. The molecule has 0 saturated carbocycles. The maximum Gasteiger partial charge on any atom is -0.0107 e. The van der Waals surface area contributed by atoms with E-state index in [1.165, 1.54) is 0 Å². The lowest BCUT2D eigenvalue weighted by molar-refractivity contribution is 1.60. The molecule has 0 radical (unpaired) electrons. The summed E-state index contributed by atoms with van der Waals surface area (Å²) in [6.07, 6.45) is 13.8. The summed E-state index contributed by atoms with van der Waals surface area (Å²) in [6, 6.07) is 0. The molecule has 0 N–H and O–H groups in total. The van der Waals surface area contributed by atoms with E-state index in [2.05, 4.69) is 12.3 Å². The van der Waals surface area contributed by atoms with Gasteiger partial charge < -0.3 is 0 Å². The van der Waals surface area contributed by atoms with Gasteiger partial charge in [0.25, 0.3) is 0 Å². The van der Waals surface area contributed by atoms with Gasteiger partial charge in [-0.05, 0) is 36.3 Å². The van der Waals surface area contributed by atoms with Crippen molar-refractivity contribution in [2.24, 2.45) is 0 Å². The molecular weight excluding hydrogens is 144 g/mol. The van der Waals surface area contributed by atoms with Gasteiger partial charge in [0.15, 0.2) is 0 Å². The van der Waals surface area contributed by atoms with E-state index in [4.69, 9.17) is 0 Å². The largest absolute Gasteiger partial charge is 0.120 e. The van der Waals surface area contributed by atoms with Crippen molar-refractivity contribution in [3.63, 3.8) is 0 Å². The summed E-state index contributed by atoms with van der Waals surface area (Å²) in [5, 5.41) is 0. The highest BCUT2D eigenvalue weighted by atomic mass is 14.0. The Bertz CT molecular complexity index is 316. The first-order valence-corrected chi connectivity index (χ1v) is 3.96. The molecule has 1 aliphatic carbocycles. The molecule has 0 amide bonds.